The van der Waals surface area contributed by atoms with E-state index < -0.39 is 5.97 Å². The fourth-order valence-electron chi connectivity index (χ4n) is 3.99. The molecule has 0 aromatic heterocycles. The van der Waals surface area contributed by atoms with Gasteiger partial charge in [0.25, 0.3) is 0 Å². The van der Waals surface area contributed by atoms with Gasteiger partial charge < -0.3 is 10.8 Å². The molecule has 3 heteroatoms. The average Bonchev–Trinajstić information content (AvgIpc) is 2.99. The van der Waals surface area contributed by atoms with Crippen LogP contribution in [0.5, 0.6) is 0 Å². The van der Waals surface area contributed by atoms with Crippen molar-refractivity contribution in [2.24, 2.45) is 28.9 Å². The standard InChI is InChI=1S/C14H21NO2/c15-8-14(7-13(16)17)6-11-10(3-4-12(11)14)5-9-1-2-9/h5,9,11-12H,1-4,6-8,15H2,(H,16,17)/b10-5+/t11-,12+,14+/m0/s1. The van der Waals surface area contributed by atoms with Crippen LogP contribution in [0.2, 0.25) is 0 Å². The molecule has 0 aromatic carbocycles. The Hall–Kier alpha value is -0.830. The molecule has 3 fully saturated rings. The van der Waals surface area contributed by atoms with Crippen LogP contribution in [0.3, 0.4) is 0 Å². The molecule has 0 amide bonds. The molecule has 0 spiro atoms. The van der Waals surface area contributed by atoms with E-state index in [-0.39, 0.29) is 11.8 Å². The number of allylic oxidation sites excluding steroid dienone is 2. The third-order valence-corrected chi connectivity index (χ3v) is 5.10. The van der Waals surface area contributed by atoms with E-state index in [1.165, 1.54) is 19.3 Å². The molecule has 3 nitrogen and oxygen atoms in total. The van der Waals surface area contributed by atoms with Crippen molar-refractivity contribution in [1.29, 1.82) is 0 Å². The number of hydrogen-bond acceptors (Lipinski definition) is 2. The third kappa shape index (κ3) is 1.81. The summed E-state index contributed by atoms with van der Waals surface area (Å²) in [4.78, 5) is 11.0. The van der Waals surface area contributed by atoms with Gasteiger partial charge >= 0.3 is 5.97 Å². The Kier molecular flexibility index (Phi) is 2.54. The Bertz CT molecular complexity index is 372. The van der Waals surface area contributed by atoms with Crippen molar-refractivity contribution in [3.8, 4) is 0 Å². The van der Waals surface area contributed by atoms with E-state index in [1.807, 2.05) is 0 Å². The van der Waals surface area contributed by atoms with Gasteiger partial charge in [-0.25, -0.2) is 0 Å². The van der Waals surface area contributed by atoms with E-state index in [1.54, 1.807) is 5.57 Å². The Morgan fingerprint density at radius 2 is 2.24 bits per heavy atom. The summed E-state index contributed by atoms with van der Waals surface area (Å²) in [5.74, 6) is 1.37. The molecular formula is C14H21NO2. The molecule has 3 saturated carbocycles. The van der Waals surface area contributed by atoms with Crippen molar-refractivity contribution in [2.45, 2.75) is 38.5 Å². The molecule has 3 atom stereocenters. The molecule has 3 N–H and O–H groups in total. The molecule has 0 unspecified atom stereocenters. The van der Waals surface area contributed by atoms with Gasteiger partial charge in [0.15, 0.2) is 0 Å². The Morgan fingerprint density at radius 3 is 2.82 bits per heavy atom. The molecule has 0 bridgehead atoms. The zero-order valence-electron chi connectivity index (χ0n) is 10.2. The van der Waals surface area contributed by atoms with Gasteiger partial charge in [-0.3, -0.25) is 4.79 Å². The van der Waals surface area contributed by atoms with Gasteiger partial charge in [-0.05, 0) is 61.8 Å². The van der Waals surface area contributed by atoms with Crippen LogP contribution in [0.15, 0.2) is 11.6 Å². The summed E-state index contributed by atoms with van der Waals surface area (Å²) in [5.41, 5.74) is 7.38. The molecule has 0 aromatic rings. The van der Waals surface area contributed by atoms with Crippen LogP contribution in [0.4, 0.5) is 0 Å². The van der Waals surface area contributed by atoms with E-state index in [0.29, 0.717) is 18.4 Å². The highest BCUT2D eigenvalue weighted by Crippen LogP contribution is 2.62. The minimum atomic E-state index is -0.687. The lowest BCUT2D eigenvalue weighted by atomic mass is 9.53. The molecule has 0 heterocycles. The second-order valence-corrected chi connectivity index (χ2v) is 6.17. The number of carboxylic acid groups (broad SMARTS) is 1. The molecule has 0 saturated heterocycles. The van der Waals surface area contributed by atoms with Crippen LogP contribution < -0.4 is 5.73 Å². The van der Waals surface area contributed by atoms with Gasteiger partial charge in [-0.15, -0.1) is 0 Å². The lowest BCUT2D eigenvalue weighted by Crippen LogP contribution is -2.51. The maximum atomic E-state index is 11.0. The van der Waals surface area contributed by atoms with Crippen molar-refractivity contribution < 1.29 is 9.90 Å². The topological polar surface area (TPSA) is 63.3 Å². The lowest BCUT2D eigenvalue weighted by Gasteiger charge is -2.52. The Labute approximate surface area is 102 Å². The summed E-state index contributed by atoms with van der Waals surface area (Å²) in [7, 11) is 0. The van der Waals surface area contributed by atoms with E-state index in [4.69, 9.17) is 10.8 Å². The third-order valence-electron chi connectivity index (χ3n) is 5.10. The van der Waals surface area contributed by atoms with Gasteiger partial charge in [0.05, 0.1) is 6.42 Å². The van der Waals surface area contributed by atoms with E-state index in [0.717, 1.165) is 18.8 Å². The molecule has 94 valence electrons. The van der Waals surface area contributed by atoms with Crippen molar-refractivity contribution in [3.63, 3.8) is 0 Å². The van der Waals surface area contributed by atoms with Crippen LogP contribution in [-0.4, -0.2) is 17.6 Å². The number of carboxylic acids is 1. The fourth-order valence-corrected chi connectivity index (χ4v) is 3.99. The highest BCUT2D eigenvalue weighted by molar-refractivity contribution is 5.68. The van der Waals surface area contributed by atoms with Gasteiger partial charge in [-0.2, -0.15) is 0 Å². The van der Waals surface area contributed by atoms with Crippen molar-refractivity contribution >= 4 is 5.97 Å². The van der Waals surface area contributed by atoms with E-state index in [2.05, 4.69) is 6.08 Å². The molecule has 0 aliphatic heterocycles. The highest BCUT2D eigenvalue weighted by atomic mass is 16.4. The largest absolute Gasteiger partial charge is 0.481 e. The number of aliphatic carboxylic acids is 1. The molecule has 3 aliphatic carbocycles. The maximum Gasteiger partial charge on any atom is 0.303 e. The normalized spacial score (nSPS) is 42.3. The van der Waals surface area contributed by atoms with Crippen LogP contribution in [0, 0.1) is 23.2 Å². The van der Waals surface area contributed by atoms with Crippen LogP contribution in [0.25, 0.3) is 0 Å². The molecule has 0 radical (unpaired) electrons. The predicted molar refractivity (Wildman–Crippen MR) is 65.4 cm³/mol. The fraction of sp³-hybridized carbons (Fsp3) is 0.786. The quantitative estimate of drug-likeness (QED) is 0.734. The molecule has 17 heavy (non-hydrogen) atoms. The van der Waals surface area contributed by atoms with E-state index >= 15 is 0 Å². The Morgan fingerprint density at radius 1 is 1.47 bits per heavy atom. The first-order valence-corrected chi connectivity index (χ1v) is 6.77. The lowest BCUT2D eigenvalue weighted by molar-refractivity contribution is -0.144. The van der Waals surface area contributed by atoms with Gasteiger partial charge in [-0.1, -0.05) is 11.6 Å². The van der Waals surface area contributed by atoms with Gasteiger partial charge in [0.1, 0.15) is 0 Å². The average molecular weight is 235 g/mol. The smallest absolute Gasteiger partial charge is 0.303 e. The second-order valence-electron chi connectivity index (χ2n) is 6.17. The number of carbonyl (C=O) groups is 1. The van der Waals surface area contributed by atoms with Gasteiger partial charge in [0, 0.05) is 0 Å². The zero-order chi connectivity index (χ0) is 12.0. The number of nitrogens with two attached hydrogens (primary N) is 1. The summed E-state index contributed by atoms with van der Waals surface area (Å²) in [6, 6.07) is 0. The molecule has 3 aliphatic rings. The number of hydrogen-bond donors (Lipinski definition) is 2. The van der Waals surface area contributed by atoms with Crippen molar-refractivity contribution in [2.75, 3.05) is 6.54 Å². The Balaban J connectivity index is 1.72. The second kappa shape index (κ2) is 3.84. The summed E-state index contributed by atoms with van der Waals surface area (Å²) in [5, 5.41) is 9.02. The first-order valence-electron chi connectivity index (χ1n) is 6.77. The summed E-state index contributed by atoms with van der Waals surface area (Å²) in [6.45, 7) is 0.539. The van der Waals surface area contributed by atoms with Crippen LogP contribution in [-0.2, 0) is 4.79 Å². The zero-order valence-corrected chi connectivity index (χ0v) is 10.2. The highest BCUT2D eigenvalue weighted by Gasteiger charge is 2.57. The summed E-state index contributed by atoms with van der Waals surface area (Å²) >= 11 is 0. The van der Waals surface area contributed by atoms with Crippen molar-refractivity contribution in [3.05, 3.63) is 11.6 Å². The first-order chi connectivity index (χ1) is 8.14. The number of rotatable bonds is 4. The minimum absolute atomic E-state index is 0.0877. The van der Waals surface area contributed by atoms with Gasteiger partial charge in [0.2, 0.25) is 0 Å². The first kappa shape index (κ1) is 11.3. The predicted octanol–water partition coefficient (Wildman–Crippen LogP) is 2.17. The van der Waals surface area contributed by atoms with Crippen molar-refractivity contribution in [1.82, 2.24) is 0 Å². The van der Waals surface area contributed by atoms with Crippen LogP contribution >= 0.6 is 0 Å². The molecular weight excluding hydrogens is 214 g/mol. The monoisotopic (exact) mass is 235 g/mol. The van der Waals surface area contributed by atoms with Crippen LogP contribution in [0.1, 0.15) is 38.5 Å². The molecule has 3 rings (SSSR count). The minimum Gasteiger partial charge on any atom is -0.481 e. The summed E-state index contributed by atoms with van der Waals surface area (Å²) < 4.78 is 0. The summed E-state index contributed by atoms with van der Waals surface area (Å²) in [6.07, 6.45) is 8.82. The maximum absolute atomic E-state index is 11.0. The SMILES string of the molecule is NC[C@]1(CC(=O)O)C[C@H]2/C(=C/C3CC3)CC[C@H]21. The number of fused-ring (bicyclic) bond motifs is 1. The van der Waals surface area contributed by atoms with E-state index in [9.17, 15) is 4.79 Å².